The molecule has 0 fully saturated rings. The number of aryl methyl sites for hydroxylation is 1. The second kappa shape index (κ2) is 2.97. The Balaban J connectivity index is 2.45. The van der Waals surface area contributed by atoms with Crippen LogP contribution >= 0.6 is 0 Å². The molecular formula is C10H10F3N. The first kappa shape index (κ1) is 9.49. The van der Waals surface area contributed by atoms with Gasteiger partial charge in [0.2, 0.25) is 0 Å². The number of hydrogen-bond acceptors (Lipinski definition) is 1. The lowest BCUT2D eigenvalue weighted by Crippen LogP contribution is -2.07. The third-order valence-electron chi connectivity index (χ3n) is 2.68. The standard InChI is InChI=1S/C10H10F3N/c1-6-2-3-9-8(6)4-7(5-14-9)10(11,12)13/h4-6H,2-3H2,1H3. The maximum atomic E-state index is 12.3. The molecule has 1 aliphatic rings. The van der Waals surface area contributed by atoms with Crippen molar-refractivity contribution in [2.75, 3.05) is 0 Å². The third-order valence-corrected chi connectivity index (χ3v) is 2.68. The van der Waals surface area contributed by atoms with Crippen LogP contribution in [-0.2, 0) is 12.6 Å². The van der Waals surface area contributed by atoms with Gasteiger partial charge in [-0.15, -0.1) is 0 Å². The molecule has 1 unspecified atom stereocenters. The highest BCUT2D eigenvalue weighted by atomic mass is 19.4. The van der Waals surface area contributed by atoms with Gasteiger partial charge < -0.3 is 0 Å². The molecule has 2 rings (SSSR count). The Hall–Kier alpha value is -1.06. The Morgan fingerprint density at radius 1 is 1.43 bits per heavy atom. The molecule has 1 aromatic heterocycles. The Morgan fingerprint density at radius 2 is 2.14 bits per heavy atom. The minimum atomic E-state index is -4.27. The fourth-order valence-corrected chi connectivity index (χ4v) is 1.81. The van der Waals surface area contributed by atoms with Crippen LogP contribution in [0.1, 0.15) is 36.1 Å². The van der Waals surface area contributed by atoms with Crippen molar-refractivity contribution in [2.45, 2.75) is 31.9 Å². The summed E-state index contributed by atoms with van der Waals surface area (Å²) in [7, 11) is 0. The summed E-state index contributed by atoms with van der Waals surface area (Å²) < 4.78 is 37.0. The van der Waals surface area contributed by atoms with Gasteiger partial charge in [-0.2, -0.15) is 13.2 Å². The molecule has 0 bridgehead atoms. The lowest BCUT2D eigenvalue weighted by Gasteiger charge is -2.09. The molecule has 1 aliphatic carbocycles. The molecule has 1 atom stereocenters. The second-order valence-corrected chi connectivity index (χ2v) is 3.70. The number of rotatable bonds is 0. The molecule has 0 N–H and O–H groups in total. The summed E-state index contributed by atoms with van der Waals surface area (Å²) in [6.07, 6.45) is -1.64. The largest absolute Gasteiger partial charge is 0.417 e. The lowest BCUT2D eigenvalue weighted by molar-refractivity contribution is -0.137. The quantitative estimate of drug-likeness (QED) is 0.628. The normalized spacial score (nSPS) is 21.0. The van der Waals surface area contributed by atoms with Gasteiger partial charge in [-0.3, -0.25) is 4.98 Å². The molecule has 4 heteroatoms. The number of nitrogens with zero attached hydrogens (tertiary/aromatic N) is 1. The van der Waals surface area contributed by atoms with Crippen LogP contribution in [0, 0.1) is 0 Å². The minimum Gasteiger partial charge on any atom is -0.260 e. The van der Waals surface area contributed by atoms with Crippen molar-refractivity contribution >= 4 is 0 Å². The predicted molar refractivity (Wildman–Crippen MR) is 46.0 cm³/mol. The molecule has 0 saturated carbocycles. The molecule has 1 nitrogen and oxygen atoms in total. The van der Waals surface area contributed by atoms with Crippen molar-refractivity contribution < 1.29 is 13.2 Å². The van der Waals surface area contributed by atoms with Gasteiger partial charge in [-0.05, 0) is 30.4 Å². The summed E-state index contributed by atoms with van der Waals surface area (Å²) in [5, 5.41) is 0. The van der Waals surface area contributed by atoms with E-state index in [0.29, 0.717) is 0 Å². The van der Waals surface area contributed by atoms with E-state index in [0.717, 1.165) is 30.3 Å². The molecule has 14 heavy (non-hydrogen) atoms. The molecule has 0 radical (unpaired) electrons. The van der Waals surface area contributed by atoms with Crippen molar-refractivity contribution in [2.24, 2.45) is 0 Å². The van der Waals surface area contributed by atoms with E-state index in [9.17, 15) is 13.2 Å². The number of hydrogen-bond donors (Lipinski definition) is 0. The highest BCUT2D eigenvalue weighted by Gasteiger charge is 2.33. The zero-order chi connectivity index (χ0) is 10.3. The molecule has 0 amide bonds. The van der Waals surface area contributed by atoms with Crippen molar-refractivity contribution in [3.05, 3.63) is 29.1 Å². The fourth-order valence-electron chi connectivity index (χ4n) is 1.81. The van der Waals surface area contributed by atoms with Crippen molar-refractivity contribution in [1.29, 1.82) is 0 Å². The van der Waals surface area contributed by atoms with E-state index >= 15 is 0 Å². The van der Waals surface area contributed by atoms with Gasteiger partial charge in [0, 0.05) is 11.9 Å². The van der Waals surface area contributed by atoms with Crippen molar-refractivity contribution in [3.63, 3.8) is 0 Å². The molecule has 76 valence electrons. The zero-order valence-corrected chi connectivity index (χ0v) is 7.73. The fraction of sp³-hybridized carbons (Fsp3) is 0.500. The van der Waals surface area contributed by atoms with E-state index < -0.39 is 11.7 Å². The van der Waals surface area contributed by atoms with Crippen LogP contribution in [0.25, 0.3) is 0 Å². The van der Waals surface area contributed by atoms with Crippen LogP contribution in [0.4, 0.5) is 13.2 Å². The van der Waals surface area contributed by atoms with Crippen LogP contribution in [0.3, 0.4) is 0 Å². The summed E-state index contributed by atoms with van der Waals surface area (Å²) >= 11 is 0. The average molecular weight is 201 g/mol. The Bertz CT molecular complexity index is 357. The number of fused-ring (bicyclic) bond motifs is 1. The van der Waals surface area contributed by atoms with Gasteiger partial charge in [0.1, 0.15) is 0 Å². The lowest BCUT2D eigenvalue weighted by atomic mass is 10.0. The van der Waals surface area contributed by atoms with E-state index in [2.05, 4.69) is 4.98 Å². The van der Waals surface area contributed by atoms with Crippen LogP contribution in [0.5, 0.6) is 0 Å². The van der Waals surface area contributed by atoms with E-state index in [4.69, 9.17) is 0 Å². The molecule has 0 saturated heterocycles. The Labute approximate surface area is 80.0 Å². The molecular weight excluding hydrogens is 191 g/mol. The maximum Gasteiger partial charge on any atom is 0.417 e. The van der Waals surface area contributed by atoms with E-state index in [-0.39, 0.29) is 5.92 Å². The third kappa shape index (κ3) is 1.49. The Kier molecular flexibility index (Phi) is 2.01. The predicted octanol–water partition coefficient (Wildman–Crippen LogP) is 3.15. The smallest absolute Gasteiger partial charge is 0.260 e. The highest BCUT2D eigenvalue weighted by molar-refractivity contribution is 5.33. The summed E-state index contributed by atoms with van der Waals surface area (Å²) in [6.45, 7) is 1.94. The van der Waals surface area contributed by atoms with Crippen LogP contribution in [-0.4, -0.2) is 4.98 Å². The summed E-state index contributed by atoms with van der Waals surface area (Å²) in [5.74, 6) is 0.208. The van der Waals surface area contributed by atoms with Gasteiger partial charge in [0.15, 0.2) is 0 Å². The van der Waals surface area contributed by atoms with Crippen LogP contribution in [0.15, 0.2) is 12.3 Å². The monoisotopic (exact) mass is 201 g/mol. The first-order chi connectivity index (χ1) is 6.48. The van der Waals surface area contributed by atoms with Crippen molar-refractivity contribution in [1.82, 2.24) is 4.98 Å². The first-order valence-electron chi connectivity index (χ1n) is 4.54. The number of pyridine rings is 1. The zero-order valence-electron chi connectivity index (χ0n) is 7.73. The van der Waals surface area contributed by atoms with E-state index in [1.165, 1.54) is 6.07 Å². The summed E-state index contributed by atoms with van der Waals surface area (Å²) in [6, 6.07) is 1.24. The minimum absolute atomic E-state index is 0.208. The van der Waals surface area contributed by atoms with Crippen LogP contribution in [0.2, 0.25) is 0 Å². The molecule has 0 aromatic carbocycles. The SMILES string of the molecule is CC1CCc2ncc(C(F)(F)F)cc21. The number of alkyl halides is 3. The maximum absolute atomic E-state index is 12.3. The topological polar surface area (TPSA) is 12.9 Å². The summed E-state index contributed by atoms with van der Waals surface area (Å²) in [5.41, 5.74) is 0.954. The first-order valence-corrected chi connectivity index (χ1v) is 4.54. The van der Waals surface area contributed by atoms with E-state index in [1.54, 1.807) is 0 Å². The van der Waals surface area contributed by atoms with Gasteiger partial charge in [0.05, 0.1) is 5.56 Å². The summed E-state index contributed by atoms with van der Waals surface area (Å²) in [4.78, 5) is 3.86. The second-order valence-electron chi connectivity index (χ2n) is 3.70. The Morgan fingerprint density at radius 3 is 2.79 bits per heavy atom. The van der Waals surface area contributed by atoms with Gasteiger partial charge in [-0.1, -0.05) is 6.92 Å². The molecule has 1 aromatic rings. The number of aromatic nitrogens is 1. The molecule has 0 aliphatic heterocycles. The average Bonchev–Trinajstić information content (AvgIpc) is 2.46. The van der Waals surface area contributed by atoms with Gasteiger partial charge in [-0.25, -0.2) is 0 Å². The molecule has 0 spiro atoms. The van der Waals surface area contributed by atoms with Gasteiger partial charge in [0.25, 0.3) is 0 Å². The van der Waals surface area contributed by atoms with E-state index in [1.807, 2.05) is 6.92 Å². The molecule has 1 heterocycles. The highest BCUT2D eigenvalue weighted by Crippen LogP contribution is 2.36. The van der Waals surface area contributed by atoms with Gasteiger partial charge >= 0.3 is 6.18 Å². The van der Waals surface area contributed by atoms with Crippen molar-refractivity contribution in [3.8, 4) is 0 Å². The number of halogens is 3. The van der Waals surface area contributed by atoms with Crippen LogP contribution < -0.4 is 0 Å².